The van der Waals surface area contributed by atoms with Gasteiger partial charge >= 0.3 is 0 Å². The van der Waals surface area contributed by atoms with Crippen LogP contribution in [-0.2, 0) is 13.0 Å². The van der Waals surface area contributed by atoms with Crippen LogP contribution in [-0.4, -0.2) is 10.1 Å². The minimum absolute atomic E-state index is 0.0395. The van der Waals surface area contributed by atoms with Crippen LogP contribution in [0.5, 0.6) is 0 Å². The molecule has 0 radical (unpaired) electrons. The van der Waals surface area contributed by atoms with Gasteiger partial charge in [-0.15, -0.1) is 0 Å². The number of pyridine rings is 1. The van der Waals surface area contributed by atoms with Crippen molar-refractivity contribution in [1.29, 1.82) is 0 Å². The van der Waals surface area contributed by atoms with Gasteiger partial charge in [0.15, 0.2) is 0 Å². The third-order valence-electron chi connectivity index (χ3n) is 1.80. The molecular weight excluding hydrogens is 150 g/mol. The zero-order valence-electron chi connectivity index (χ0n) is 7.25. The fraction of sp³-hybridized carbons (Fsp3) is 0.300. The number of aromatic nitrogens is 1. The molecule has 1 N–H and O–H groups in total. The summed E-state index contributed by atoms with van der Waals surface area (Å²) in [6, 6.07) is 1.92. The largest absolute Gasteiger partial charge is 0.392 e. The highest BCUT2D eigenvalue weighted by atomic mass is 16.3. The Hall–Kier alpha value is -1.15. The topological polar surface area (TPSA) is 33.1 Å². The van der Waals surface area contributed by atoms with Gasteiger partial charge in [-0.25, -0.2) is 0 Å². The average Bonchev–Trinajstić information content (AvgIpc) is 2.16. The second-order valence-electron chi connectivity index (χ2n) is 2.60. The Bertz CT molecular complexity index is 281. The van der Waals surface area contributed by atoms with Crippen LogP contribution in [0, 0.1) is 0 Å². The summed E-state index contributed by atoms with van der Waals surface area (Å²) in [5, 5.41) is 8.85. The normalized spacial score (nSPS) is 9.83. The second kappa shape index (κ2) is 4.02. The highest BCUT2D eigenvalue weighted by molar-refractivity contribution is 5.50. The minimum atomic E-state index is 0.0395. The van der Waals surface area contributed by atoms with Crippen molar-refractivity contribution in [3.05, 3.63) is 35.7 Å². The first kappa shape index (κ1) is 8.94. The molecule has 0 bridgehead atoms. The number of aliphatic hydroxyl groups excluding tert-OH is 1. The summed E-state index contributed by atoms with van der Waals surface area (Å²) >= 11 is 0. The lowest BCUT2D eigenvalue weighted by atomic mass is 10.1. The Labute approximate surface area is 72.6 Å². The van der Waals surface area contributed by atoms with E-state index in [1.165, 1.54) is 0 Å². The van der Waals surface area contributed by atoms with Crippen LogP contribution in [0.3, 0.4) is 0 Å². The van der Waals surface area contributed by atoms with Gasteiger partial charge in [-0.2, -0.15) is 0 Å². The van der Waals surface area contributed by atoms with Crippen molar-refractivity contribution in [2.24, 2.45) is 0 Å². The van der Waals surface area contributed by atoms with E-state index in [9.17, 15) is 0 Å². The predicted octanol–water partition coefficient (Wildman–Crippen LogP) is 1.78. The van der Waals surface area contributed by atoms with Crippen molar-refractivity contribution in [3.63, 3.8) is 0 Å². The van der Waals surface area contributed by atoms with Crippen LogP contribution in [0.15, 0.2) is 18.8 Å². The van der Waals surface area contributed by atoms with E-state index >= 15 is 0 Å². The lowest BCUT2D eigenvalue weighted by Gasteiger charge is -2.03. The molecule has 0 fully saturated rings. The van der Waals surface area contributed by atoms with E-state index in [0.717, 1.165) is 23.2 Å². The van der Waals surface area contributed by atoms with E-state index in [2.05, 4.69) is 11.6 Å². The number of hydrogen-bond donors (Lipinski definition) is 1. The standard InChI is InChI=1S/C10H13NO/c1-3-9-5-8(7-12)6-11-10(9)4-2/h3,5-6,12H,1,4,7H2,2H3. The molecule has 0 saturated heterocycles. The Morgan fingerprint density at radius 3 is 2.92 bits per heavy atom. The Morgan fingerprint density at radius 2 is 2.42 bits per heavy atom. The molecule has 0 saturated carbocycles. The number of aliphatic hydroxyl groups is 1. The summed E-state index contributed by atoms with van der Waals surface area (Å²) in [4.78, 5) is 4.21. The zero-order valence-corrected chi connectivity index (χ0v) is 7.25. The van der Waals surface area contributed by atoms with Crippen molar-refractivity contribution in [3.8, 4) is 0 Å². The van der Waals surface area contributed by atoms with Crippen LogP contribution in [0.1, 0.15) is 23.7 Å². The number of hydrogen-bond acceptors (Lipinski definition) is 2. The molecule has 2 nitrogen and oxygen atoms in total. The highest BCUT2D eigenvalue weighted by Gasteiger charge is 1.99. The van der Waals surface area contributed by atoms with Crippen molar-refractivity contribution in [2.75, 3.05) is 0 Å². The molecular formula is C10H13NO. The molecule has 1 aromatic heterocycles. The first-order valence-electron chi connectivity index (χ1n) is 4.03. The van der Waals surface area contributed by atoms with Crippen molar-refractivity contribution >= 4 is 6.08 Å². The third kappa shape index (κ3) is 1.71. The monoisotopic (exact) mass is 163 g/mol. The molecule has 0 aliphatic carbocycles. The summed E-state index contributed by atoms with van der Waals surface area (Å²) in [6.45, 7) is 5.78. The van der Waals surface area contributed by atoms with Gasteiger partial charge in [0.05, 0.1) is 6.61 Å². The number of nitrogens with zero attached hydrogens (tertiary/aromatic N) is 1. The summed E-state index contributed by atoms with van der Waals surface area (Å²) in [5.41, 5.74) is 2.88. The molecule has 0 aromatic carbocycles. The highest BCUT2D eigenvalue weighted by Crippen LogP contribution is 2.10. The molecule has 0 unspecified atom stereocenters. The van der Waals surface area contributed by atoms with E-state index in [1.807, 2.05) is 13.0 Å². The van der Waals surface area contributed by atoms with Crippen LogP contribution in [0.25, 0.3) is 6.08 Å². The smallest absolute Gasteiger partial charge is 0.0697 e. The molecule has 12 heavy (non-hydrogen) atoms. The van der Waals surface area contributed by atoms with E-state index in [4.69, 9.17) is 5.11 Å². The van der Waals surface area contributed by atoms with Crippen molar-refractivity contribution < 1.29 is 5.11 Å². The molecule has 0 spiro atoms. The Kier molecular flexibility index (Phi) is 3.00. The lowest BCUT2D eigenvalue weighted by Crippen LogP contribution is -1.94. The fourth-order valence-electron chi connectivity index (χ4n) is 1.11. The van der Waals surface area contributed by atoms with Crippen molar-refractivity contribution in [1.82, 2.24) is 4.98 Å². The molecule has 1 heterocycles. The van der Waals surface area contributed by atoms with Gasteiger partial charge in [-0.3, -0.25) is 4.98 Å². The molecule has 0 aliphatic heterocycles. The predicted molar refractivity (Wildman–Crippen MR) is 49.6 cm³/mol. The zero-order chi connectivity index (χ0) is 8.97. The minimum Gasteiger partial charge on any atom is -0.392 e. The number of aryl methyl sites for hydroxylation is 1. The summed E-state index contributed by atoms with van der Waals surface area (Å²) < 4.78 is 0. The number of rotatable bonds is 3. The summed E-state index contributed by atoms with van der Waals surface area (Å²) in [7, 11) is 0. The molecule has 0 amide bonds. The Balaban J connectivity index is 3.10. The van der Waals surface area contributed by atoms with E-state index in [0.29, 0.717) is 0 Å². The molecule has 64 valence electrons. The molecule has 1 rings (SSSR count). The lowest BCUT2D eigenvalue weighted by molar-refractivity contribution is 0.281. The van der Waals surface area contributed by atoms with E-state index < -0.39 is 0 Å². The van der Waals surface area contributed by atoms with Crippen LogP contribution >= 0.6 is 0 Å². The van der Waals surface area contributed by atoms with E-state index in [-0.39, 0.29) is 6.61 Å². The van der Waals surface area contributed by atoms with E-state index in [1.54, 1.807) is 12.3 Å². The van der Waals surface area contributed by atoms with Crippen LogP contribution in [0.4, 0.5) is 0 Å². The average molecular weight is 163 g/mol. The van der Waals surface area contributed by atoms with Gasteiger partial charge in [0.25, 0.3) is 0 Å². The maximum Gasteiger partial charge on any atom is 0.0697 e. The van der Waals surface area contributed by atoms with Crippen LogP contribution in [0.2, 0.25) is 0 Å². The maximum atomic E-state index is 8.85. The SMILES string of the molecule is C=Cc1cc(CO)cnc1CC. The summed E-state index contributed by atoms with van der Waals surface area (Å²) in [6.07, 6.45) is 4.36. The van der Waals surface area contributed by atoms with Gasteiger partial charge in [0.1, 0.15) is 0 Å². The molecule has 2 heteroatoms. The Morgan fingerprint density at radius 1 is 1.67 bits per heavy atom. The quantitative estimate of drug-likeness (QED) is 0.736. The van der Waals surface area contributed by atoms with Crippen molar-refractivity contribution in [2.45, 2.75) is 20.0 Å². The molecule has 0 aliphatic rings. The fourth-order valence-corrected chi connectivity index (χ4v) is 1.11. The molecule has 1 aromatic rings. The molecule has 0 atom stereocenters. The van der Waals surface area contributed by atoms with Gasteiger partial charge in [0, 0.05) is 11.9 Å². The third-order valence-corrected chi connectivity index (χ3v) is 1.80. The summed E-state index contributed by atoms with van der Waals surface area (Å²) in [5.74, 6) is 0. The van der Waals surface area contributed by atoms with Gasteiger partial charge in [-0.1, -0.05) is 19.6 Å². The first-order chi connectivity index (χ1) is 5.81. The van der Waals surface area contributed by atoms with Gasteiger partial charge < -0.3 is 5.11 Å². The second-order valence-corrected chi connectivity index (χ2v) is 2.60. The first-order valence-corrected chi connectivity index (χ1v) is 4.03. The maximum absolute atomic E-state index is 8.85. The van der Waals surface area contributed by atoms with Gasteiger partial charge in [0.2, 0.25) is 0 Å². The van der Waals surface area contributed by atoms with Crippen LogP contribution < -0.4 is 0 Å². The van der Waals surface area contributed by atoms with Gasteiger partial charge in [-0.05, 0) is 23.6 Å².